The molecule has 0 saturated carbocycles. The van der Waals surface area contributed by atoms with Crippen molar-refractivity contribution in [3.8, 4) is 0 Å². The Kier molecular flexibility index (Phi) is 5.99. The molecule has 1 heterocycles. The van der Waals surface area contributed by atoms with E-state index in [1.54, 1.807) is 12.1 Å². The molecular weight excluding hydrogens is 251 g/mol. The van der Waals surface area contributed by atoms with E-state index in [2.05, 4.69) is 17.1 Å². The van der Waals surface area contributed by atoms with Gasteiger partial charge in [0.2, 0.25) is 0 Å². The van der Waals surface area contributed by atoms with Crippen LogP contribution in [0.3, 0.4) is 0 Å². The van der Waals surface area contributed by atoms with Crippen molar-refractivity contribution in [2.45, 2.75) is 39.7 Å². The minimum absolute atomic E-state index is 0.133. The molecule has 3 heteroatoms. The van der Waals surface area contributed by atoms with Crippen molar-refractivity contribution in [3.63, 3.8) is 0 Å². The lowest BCUT2D eigenvalue weighted by molar-refractivity contribution is 0.198. The van der Waals surface area contributed by atoms with Crippen LogP contribution in [0.4, 0.5) is 4.39 Å². The zero-order chi connectivity index (χ0) is 14.4. The molecule has 0 amide bonds. The normalized spacial score (nSPS) is 16.8. The summed E-state index contributed by atoms with van der Waals surface area (Å²) in [6.07, 6.45) is 3.73. The summed E-state index contributed by atoms with van der Waals surface area (Å²) in [5.41, 5.74) is 2.32. The second-order valence-corrected chi connectivity index (χ2v) is 6.00. The van der Waals surface area contributed by atoms with Crippen LogP contribution in [0.15, 0.2) is 18.2 Å². The average Bonchev–Trinajstić information content (AvgIpc) is 2.43. The van der Waals surface area contributed by atoms with E-state index in [-0.39, 0.29) is 5.82 Å². The number of benzene rings is 1. The number of halogens is 1. The Labute approximate surface area is 122 Å². The monoisotopic (exact) mass is 278 g/mol. The number of rotatable bonds is 6. The maximum Gasteiger partial charge on any atom is 0.123 e. The Morgan fingerprint density at radius 1 is 1.30 bits per heavy atom. The van der Waals surface area contributed by atoms with Gasteiger partial charge < -0.3 is 5.32 Å². The number of nitrogens with one attached hydrogen (secondary N) is 1. The summed E-state index contributed by atoms with van der Waals surface area (Å²) in [4.78, 5) is 2.54. The molecule has 112 valence electrons. The van der Waals surface area contributed by atoms with Crippen molar-refractivity contribution >= 4 is 0 Å². The molecule has 1 aromatic rings. The van der Waals surface area contributed by atoms with E-state index in [0.29, 0.717) is 0 Å². The second-order valence-electron chi connectivity index (χ2n) is 6.00. The van der Waals surface area contributed by atoms with Gasteiger partial charge in [-0.05, 0) is 75.0 Å². The number of nitrogens with zero attached hydrogens (tertiary/aromatic N) is 1. The third-order valence-corrected chi connectivity index (χ3v) is 4.21. The highest BCUT2D eigenvalue weighted by atomic mass is 19.1. The van der Waals surface area contributed by atoms with Crippen molar-refractivity contribution in [2.75, 3.05) is 26.2 Å². The minimum atomic E-state index is -0.133. The van der Waals surface area contributed by atoms with Gasteiger partial charge in [0.1, 0.15) is 5.82 Å². The third kappa shape index (κ3) is 4.57. The maximum atomic E-state index is 13.2. The lowest BCUT2D eigenvalue weighted by Crippen LogP contribution is -2.36. The van der Waals surface area contributed by atoms with Crippen LogP contribution >= 0.6 is 0 Å². The Morgan fingerprint density at radius 2 is 2.05 bits per heavy atom. The summed E-state index contributed by atoms with van der Waals surface area (Å²) >= 11 is 0. The molecule has 1 saturated heterocycles. The van der Waals surface area contributed by atoms with Crippen molar-refractivity contribution < 1.29 is 4.39 Å². The van der Waals surface area contributed by atoms with Gasteiger partial charge in [-0.15, -0.1) is 0 Å². The molecule has 1 aromatic carbocycles. The highest BCUT2D eigenvalue weighted by molar-refractivity contribution is 5.26. The number of piperidine rings is 1. The number of hydrogen-bond acceptors (Lipinski definition) is 2. The fraction of sp³-hybridized carbons (Fsp3) is 0.647. The van der Waals surface area contributed by atoms with Crippen molar-refractivity contribution in [3.05, 3.63) is 35.1 Å². The first kappa shape index (κ1) is 15.5. The summed E-state index contributed by atoms with van der Waals surface area (Å²) in [5.74, 6) is 0.676. The van der Waals surface area contributed by atoms with Gasteiger partial charge in [-0.2, -0.15) is 0 Å². The van der Waals surface area contributed by atoms with Crippen LogP contribution in [-0.4, -0.2) is 31.1 Å². The number of aryl methyl sites for hydroxylation is 1. The van der Waals surface area contributed by atoms with Crippen LogP contribution in [0.5, 0.6) is 0 Å². The molecule has 0 aromatic heterocycles. The van der Waals surface area contributed by atoms with Crippen molar-refractivity contribution in [1.29, 1.82) is 0 Å². The Morgan fingerprint density at radius 3 is 2.70 bits per heavy atom. The Bertz CT molecular complexity index is 413. The molecule has 0 atom stereocenters. The van der Waals surface area contributed by atoms with Gasteiger partial charge in [-0.3, -0.25) is 4.90 Å². The Hall–Kier alpha value is -0.930. The molecule has 0 unspecified atom stereocenters. The summed E-state index contributed by atoms with van der Waals surface area (Å²) < 4.78 is 13.2. The van der Waals surface area contributed by atoms with Crippen LogP contribution in [0.2, 0.25) is 0 Å². The molecule has 2 nitrogen and oxygen atoms in total. The standard InChI is InChI=1S/C17H27FN2/c1-3-10-20(12-15-6-8-19-9-7-15)13-16-4-5-17(18)11-14(16)2/h4-5,11,15,19H,3,6-10,12-13H2,1-2H3. The first-order chi connectivity index (χ1) is 9.69. The molecule has 0 bridgehead atoms. The summed E-state index contributed by atoms with van der Waals surface area (Å²) in [7, 11) is 0. The summed E-state index contributed by atoms with van der Waals surface area (Å²) in [6, 6.07) is 5.16. The summed E-state index contributed by atoms with van der Waals surface area (Å²) in [5, 5.41) is 3.42. The molecule has 1 aliphatic heterocycles. The van der Waals surface area contributed by atoms with Crippen LogP contribution in [-0.2, 0) is 6.54 Å². The smallest absolute Gasteiger partial charge is 0.123 e. The zero-order valence-corrected chi connectivity index (χ0v) is 12.8. The van der Waals surface area contributed by atoms with Gasteiger partial charge in [0, 0.05) is 13.1 Å². The van der Waals surface area contributed by atoms with Gasteiger partial charge in [-0.25, -0.2) is 4.39 Å². The lowest BCUT2D eigenvalue weighted by atomic mass is 9.97. The van der Waals surface area contributed by atoms with E-state index in [9.17, 15) is 4.39 Å². The molecule has 0 spiro atoms. The molecule has 1 aliphatic rings. The van der Waals surface area contributed by atoms with E-state index in [0.717, 1.165) is 37.7 Å². The van der Waals surface area contributed by atoms with E-state index >= 15 is 0 Å². The topological polar surface area (TPSA) is 15.3 Å². The van der Waals surface area contributed by atoms with Crippen LogP contribution in [0.25, 0.3) is 0 Å². The van der Waals surface area contributed by atoms with Crippen LogP contribution in [0.1, 0.15) is 37.3 Å². The first-order valence-electron chi connectivity index (χ1n) is 7.87. The number of hydrogen-bond donors (Lipinski definition) is 1. The molecule has 0 radical (unpaired) electrons. The molecule has 1 N–H and O–H groups in total. The van der Waals surface area contributed by atoms with E-state index in [1.807, 2.05) is 13.0 Å². The maximum absolute atomic E-state index is 13.2. The SMILES string of the molecule is CCCN(Cc1ccc(F)cc1C)CC1CCNCC1. The largest absolute Gasteiger partial charge is 0.317 e. The second kappa shape index (κ2) is 7.75. The van der Waals surface area contributed by atoms with Gasteiger partial charge in [0.05, 0.1) is 0 Å². The lowest BCUT2D eigenvalue weighted by Gasteiger charge is -2.30. The quantitative estimate of drug-likeness (QED) is 0.858. The zero-order valence-electron chi connectivity index (χ0n) is 12.8. The average molecular weight is 278 g/mol. The molecule has 0 aliphatic carbocycles. The van der Waals surface area contributed by atoms with Gasteiger partial charge >= 0.3 is 0 Å². The van der Waals surface area contributed by atoms with Crippen molar-refractivity contribution in [1.82, 2.24) is 10.2 Å². The van der Waals surface area contributed by atoms with E-state index in [4.69, 9.17) is 0 Å². The van der Waals surface area contributed by atoms with Crippen LogP contribution < -0.4 is 5.32 Å². The van der Waals surface area contributed by atoms with Gasteiger partial charge in [0.15, 0.2) is 0 Å². The van der Waals surface area contributed by atoms with Gasteiger partial charge in [0.25, 0.3) is 0 Å². The van der Waals surface area contributed by atoms with E-state index < -0.39 is 0 Å². The molecule has 1 fully saturated rings. The Balaban J connectivity index is 1.96. The molecule has 20 heavy (non-hydrogen) atoms. The minimum Gasteiger partial charge on any atom is -0.317 e. The predicted molar refractivity (Wildman–Crippen MR) is 82.3 cm³/mol. The third-order valence-electron chi connectivity index (χ3n) is 4.21. The predicted octanol–water partition coefficient (Wildman–Crippen LogP) is 3.35. The molecular formula is C17H27FN2. The van der Waals surface area contributed by atoms with Crippen LogP contribution in [0, 0.1) is 18.7 Å². The highest BCUT2D eigenvalue weighted by Gasteiger charge is 2.17. The fourth-order valence-electron chi connectivity index (χ4n) is 3.06. The highest BCUT2D eigenvalue weighted by Crippen LogP contribution is 2.18. The molecule has 2 rings (SSSR count). The summed E-state index contributed by atoms with van der Waals surface area (Å²) in [6.45, 7) is 9.79. The van der Waals surface area contributed by atoms with E-state index in [1.165, 1.54) is 31.4 Å². The van der Waals surface area contributed by atoms with Crippen molar-refractivity contribution in [2.24, 2.45) is 5.92 Å². The van der Waals surface area contributed by atoms with Gasteiger partial charge in [-0.1, -0.05) is 13.0 Å². The fourth-order valence-corrected chi connectivity index (χ4v) is 3.06. The first-order valence-corrected chi connectivity index (χ1v) is 7.87.